The Kier molecular flexibility index (Phi) is 5.98. The summed E-state index contributed by atoms with van der Waals surface area (Å²) in [7, 11) is -4.38. The molecule has 2 atom stereocenters. The third-order valence-corrected chi connectivity index (χ3v) is 5.92. The molecule has 148 valence electrons. The zero-order valence-corrected chi connectivity index (χ0v) is 15.5. The van der Waals surface area contributed by atoms with Crippen molar-refractivity contribution in [3.63, 3.8) is 0 Å². The molecule has 0 radical (unpaired) electrons. The van der Waals surface area contributed by atoms with Gasteiger partial charge in [-0.05, 0) is 12.0 Å². The van der Waals surface area contributed by atoms with E-state index in [1.54, 1.807) is 24.3 Å². The standard InChI is InChI=1S/C17H22N2O7S/c20-16(18-6-8-25-9-7-18)15-10-14(27(22,23)24)11-19(15)17(21)26-12-13-4-2-1-3-5-13/h1-5,14-15H,6-12H2,(H,22,23,24)/t14-,15-/m0/s1. The average molecular weight is 398 g/mol. The zero-order valence-electron chi connectivity index (χ0n) is 14.7. The van der Waals surface area contributed by atoms with E-state index >= 15 is 0 Å². The highest BCUT2D eigenvalue weighted by molar-refractivity contribution is 7.86. The molecule has 1 N–H and O–H groups in total. The number of hydrogen-bond acceptors (Lipinski definition) is 6. The summed E-state index contributed by atoms with van der Waals surface area (Å²) in [5, 5.41) is -1.21. The molecule has 10 heteroatoms. The highest BCUT2D eigenvalue weighted by Crippen LogP contribution is 2.26. The van der Waals surface area contributed by atoms with Gasteiger partial charge in [0.15, 0.2) is 0 Å². The van der Waals surface area contributed by atoms with Crippen molar-refractivity contribution in [3.8, 4) is 0 Å². The lowest BCUT2D eigenvalue weighted by Crippen LogP contribution is -2.51. The van der Waals surface area contributed by atoms with Crippen LogP contribution in [0.15, 0.2) is 30.3 Å². The summed E-state index contributed by atoms with van der Waals surface area (Å²) in [5.74, 6) is -0.360. The molecular formula is C17H22N2O7S. The van der Waals surface area contributed by atoms with Crippen LogP contribution in [-0.2, 0) is 31.0 Å². The van der Waals surface area contributed by atoms with Crippen molar-refractivity contribution in [3.05, 3.63) is 35.9 Å². The smallest absolute Gasteiger partial charge is 0.410 e. The van der Waals surface area contributed by atoms with Gasteiger partial charge in [-0.2, -0.15) is 8.42 Å². The molecule has 1 aromatic carbocycles. The van der Waals surface area contributed by atoms with Crippen molar-refractivity contribution in [2.45, 2.75) is 24.3 Å². The number of carbonyl (C=O) groups is 2. The minimum atomic E-state index is -4.38. The van der Waals surface area contributed by atoms with Crippen molar-refractivity contribution in [2.24, 2.45) is 0 Å². The first-order valence-electron chi connectivity index (χ1n) is 8.66. The van der Waals surface area contributed by atoms with Crippen LogP contribution in [0.4, 0.5) is 4.79 Å². The molecule has 0 spiro atoms. The highest BCUT2D eigenvalue weighted by atomic mass is 32.2. The van der Waals surface area contributed by atoms with Crippen LogP contribution in [-0.4, -0.2) is 78.9 Å². The number of morpholine rings is 1. The third kappa shape index (κ3) is 4.76. The van der Waals surface area contributed by atoms with Crippen molar-refractivity contribution in [1.82, 2.24) is 9.80 Å². The summed E-state index contributed by atoms with van der Waals surface area (Å²) in [4.78, 5) is 28.0. The van der Waals surface area contributed by atoms with Gasteiger partial charge in [-0.15, -0.1) is 0 Å². The van der Waals surface area contributed by atoms with E-state index in [0.717, 1.165) is 10.5 Å². The van der Waals surface area contributed by atoms with Crippen molar-refractivity contribution >= 4 is 22.1 Å². The van der Waals surface area contributed by atoms with Gasteiger partial charge in [0.2, 0.25) is 5.91 Å². The Morgan fingerprint density at radius 2 is 1.85 bits per heavy atom. The predicted octanol–water partition coefficient (Wildman–Crippen LogP) is 0.513. The van der Waals surface area contributed by atoms with Gasteiger partial charge < -0.3 is 14.4 Å². The lowest BCUT2D eigenvalue weighted by atomic mass is 10.2. The van der Waals surface area contributed by atoms with Crippen LogP contribution in [0.5, 0.6) is 0 Å². The van der Waals surface area contributed by atoms with Gasteiger partial charge in [0.05, 0.1) is 13.2 Å². The molecule has 2 aliphatic rings. The number of likely N-dealkylation sites (tertiary alicyclic amines) is 1. The largest absolute Gasteiger partial charge is 0.445 e. The molecule has 1 aromatic rings. The first-order chi connectivity index (χ1) is 12.9. The van der Waals surface area contributed by atoms with Gasteiger partial charge >= 0.3 is 6.09 Å². The Labute approximate surface area is 157 Å². The Morgan fingerprint density at radius 1 is 1.19 bits per heavy atom. The van der Waals surface area contributed by atoms with E-state index in [0.29, 0.717) is 26.3 Å². The third-order valence-electron chi connectivity index (χ3n) is 4.73. The van der Waals surface area contributed by atoms with E-state index in [4.69, 9.17) is 9.47 Å². The van der Waals surface area contributed by atoms with Gasteiger partial charge in [0.25, 0.3) is 10.1 Å². The maximum absolute atomic E-state index is 12.8. The molecule has 0 aromatic heterocycles. The summed E-state index contributed by atoms with van der Waals surface area (Å²) in [5.41, 5.74) is 0.771. The first kappa shape index (κ1) is 19.6. The molecule has 0 bridgehead atoms. The minimum Gasteiger partial charge on any atom is -0.445 e. The second-order valence-electron chi connectivity index (χ2n) is 6.52. The van der Waals surface area contributed by atoms with E-state index in [1.807, 2.05) is 6.07 Å². The van der Waals surface area contributed by atoms with Crippen molar-refractivity contribution in [1.29, 1.82) is 0 Å². The van der Waals surface area contributed by atoms with Crippen LogP contribution in [0.2, 0.25) is 0 Å². The highest BCUT2D eigenvalue weighted by Gasteiger charge is 2.46. The van der Waals surface area contributed by atoms with Crippen LogP contribution in [0, 0.1) is 0 Å². The normalized spacial score (nSPS) is 23.3. The van der Waals surface area contributed by atoms with Gasteiger partial charge in [0.1, 0.15) is 17.9 Å². The van der Waals surface area contributed by atoms with Crippen LogP contribution in [0.25, 0.3) is 0 Å². The lowest BCUT2D eigenvalue weighted by molar-refractivity contribution is -0.139. The molecule has 0 unspecified atom stereocenters. The Hall–Kier alpha value is -2.17. The van der Waals surface area contributed by atoms with Gasteiger partial charge in [-0.3, -0.25) is 14.2 Å². The Morgan fingerprint density at radius 3 is 2.48 bits per heavy atom. The number of hydrogen-bond donors (Lipinski definition) is 1. The number of nitrogens with zero attached hydrogens (tertiary/aromatic N) is 2. The van der Waals surface area contributed by atoms with E-state index in [9.17, 15) is 22.6 Å². The van der Waals surface area contributed by atoms with E-state index in [2.05, 4.69) is 0 Å². The SMILES string of the molecule is O=C([C@@H]1C[C@H](S(=O)(=O)O)CN1C(=O)OCc1ccccc1)N1CCOCC1. The van der Waals surface area contributed by atoms with Crippen molar-refractivity contribution in [2.75, 3.05) is 32.8 Å². The van der Waals surface area contributed by atoms with E-state index in [1.165, 1.54) is 4.90 Å². The molecule has 0 saturated carbocycles. The average Bonchev–Trinajstić information content (AvgIpc) is 3.13. The molecule has 2 amide bonds. The molecule has 9 nitrogen and oxygen atoms in total. The molecule has 3 rings (SSSR count). The van der Waals surface area contributed by atoms with Crippen LogP contribution >= 0.6 is 0 Å². The van der Waals surface area contributed by atoms with Crippen molar-refractivity contribution < 1.29 is 32.0 Å². The topological polar surface area (TPSA) is 113 Å². The summed E-state index contributed by atoms with van der Waals surface area (Å²) in [6.07, 6.45) is -0.938. The molecule has 0 aliphatic carbocycles. The van der Waals surface area contributed by atoms with E-state index in [-0.39, 0.29) is 25.5 Å². The number of amides is 2. The Balaban J connectivity index is 1.72. The molecule has 2 aliphatic heterocycles. The number of carbonyl (C=O) groups excluding carboxylic acids is 2. The predicted molar refractivity (Wildman–Crippen MR) is 94.5 cm³/mol. The maximum Gasteiger partial charge on any atom is 0.410 e. The Bertz CT molecular complexity index is 778. The molecule has 2 heterocycles. The molecular weight excluding hydrogens is 376 g/mol. The molecule has 27 heavy (non-hydrogen) atoms. The van der Waals surface area contributed by atoms with Gasteiger partial charge in [-0.1, -0.05) is 30.3 Å². The monoisotopic (exact) mass is 398 g/mol. The molecule has 2 saturated heterocycles. The van der Waals surface area contributed by atoms with Crippen LogP contribution in [0.3, 0.4) is 0 Å². The molecule has 2 fully saturated rings. The summed E-state index contributed by atoms with van der Waals surface area (Å²) >= 11 is 0. The van der Waals surface area contributed by atoms with Gasteiger partial charge in [-0.25, -0.2) is 4.79 Å². The fraction of sp³-hybridized carbons (Fsp3) is 0.529. The fourth-order valence-electron chi connectivity index (χ4n) is 3.25. The first-order valence-corrected chi connectivity index (χ1v) is 10.2. The van der Waals surface area contributed by atoms with Crippen LogP contribution in [0.1, 0.15) is 12.0 Å². The fourth-order valence-corrected chi connectivity index (χ4v) is 4.02. The van der Waals surface area contributed by atoms with Gasteiger partial charge in [0, 0.05) is 19.6 Å². The lowest BCUT2D eigenvalue weighted by Gasteiger charge is -2.32. The second kappa shape index (κ2) is 8.24. The number of ether oxygens (including phenoxy) is 2. The number of benzene rings is 1. The minimum absolute atomic E-state index is 0.00514. The van der Waals surface area contributed by atoms with E-state index < -0.39 is 27.5 Å². The summed E-state index contributed by atoms with van der Waals surface area (Å²) in [6, 6.07) is 8.03. The number of rotatable bonds is 4. The summed E-state index contributed by atoms with van der Waals surface area (Å²) in [6.45, 7) is 1.24. The maximum atomic E-state index is 12.8. The second-order valence-corrected chi connectivity index (χ2v) is 8.22. The van der Waals surface area contributed by atoms with Crippen LogP contribution < -0.4 is 0 Å². The quantitative estimate of drug-likeness (QED) is 0.735. The summed E-state index contributed by atoms with van der Waals surface area (Å²) < 4.78 is 43.0. The zero-order chi connectivity index (χ0) is 19.4.